The molecular weight excluding hydrogens is 335 g/mol. The number of nitrogens with one attached hydrogen (secondary N) is 1. The minimum absolute atomic E-state index is 0. The molecule has 0 saturated heterocycles. The van der Waals surface area contributed by atoms with Crippen molar-refractivity contribution in [1.29, 1.82) is 0 Å². The van der Waals surface area contributed by atoms with Gasteiger partial charge in [0.25, 0.3) is 0 Å². The van der Waals surface area contributed by atoms with Crippen molar-refractivity contribution in [1.82, 2.24) is 14.4 Å². The number of hydrogen-bond acceptors (Lipinski definition) is 2. The number of H-pyrrole nitrogens is 1. The number of pyridine rings is 1. The fourth-order valence-electron chi connectivity index (χ4n) is 2.90. The van der Waals surface area contributed by atoms with Crippen molar-refractivity contribution in [3.05, 3.63) is 61.4 Å². The first-order valence-corrected chi connectivity index (χ1v) is 8.26. The second-order valence-corrected chi connectivity index (χ2v) is 6.49. The number of nitrogen functional groups attached to an aromatic ring is 1. The van der Waals surface area contributed by atoms with Crippen LogP contribution in [0.3, 0.4) is 0 Å². The number of nitrogens with zero attached hydrogens (tertiary/aromatic N) is 2. The zero-order valence-corrected chi connectivity index (χ0v) is 17.9. The third-order valence-electron chi connectivity index (χ3n) is 4.40. The Kier molecular flexibility index (Phi) is 5.70. The molecule has 0 radical (unpaired) electrons. The second-order valence-electron chi connectivity index (χ2n) is 6.49. The fourth-order valence-corrected chi connectivity index (χ4v) is 2.90. The second kappa shape index (κ2) is 7.64. The van der Waals surface area contributed by atoms with Crippen LogP contribution in [0.2, 0.25) is 0 Å². The Labute approximate surface area is 190 Å². The third kappa shape index (κ3) is 4.01. The van der Waals surface area contributed by atoms with Crippen LogP contribution in [0.1, 0.15) is 18.4 Å². The molecule has 0 unspecified atom stereocenters. The maximum absolute atomic E-state index is 5.75. The van der Waals surface area contributed by atoms with Gasteiger partial charge in [0.1, 0.15) is 11.5 Å². The summed E-state index contributed by atoms with van der Waals surface area (Å²) in [5.41, 5.74) is 11.4. The van der Waals surface area contributed by atoms with Crippen LogP contribution in [-0.2, 0) is 0 Å². The summed E-state index contributed by atoms with van der Waals surface area (Å²) in [6, 6.07) is 10.5. The Morgan fingerprint density at radius 3 is 2.64 bits per heavy atom. The van der Waals surface area contributed by atoms with E-state index in [4.69, 9.17) is 5.73 Å². The third-order valence-corrected chi connectivity index (χ3v) is 4.40. The van der Waals surface area contributed by atoms with Gasteiger partial charge >= 0.3 is 51.4 Å². The van der Waals surface area contributed by atoms with Gasteiger partial charge in [0.15, 0.2) is 0 Å². The molecule has 5 rings (SSSR count). The molecule has 0 atom stereocenters. The van der Waals surface area contributed by atoms with E-state index in [-0.39, 0.29) is 51.4 Å². The van der Waals surface area contributed by atoms with Crippen LogP contribution in [-0.4, -0.2) is 14.4 Å². The number of nitrogens with two attached hydrogens (primary N) is 1. The number of aromatic amines is 1. The summed E-state index contributed by atoms with van der Waals surface area (Å²) in [4.78, 5) is 7.52. The van der Waals surface area contributed by atoms with Crippen molar-refractivity contribution >= 4 is 22.4 Å². The molecule has 25 heavy (non-hydrogen) atoms. The van der Waals surface area contributed by atoms with Crippen LogP contribution in [0.5, 0.6) is 0 Å². The van der Waals surface area contributed by atoms with E-state index in [9.17, 15) is 0 Å². The smallest absolute Gasteiger partial charge is 0.382 e. The number of fused-ring (bicyclic) bond motifs is 2. The zero-order chi connectivity index (χ0) is 16.7. The molecule has 3 aromatic heterocycles. The Hall–Kier alpha value is -1.11. The van der Waals surface area contributed by atoms with E-state index in [0.29, 0.717) is 5.82 Å². The summed E-state index contributed by atoms with van der Waals surface area (Å²) in [5, 5.41) is 1.23. The van der Waals surface area contributed by atoms with Crippen molar-refractivity contribution in [2.45, 2.75) is 19.8 Å². The minimum atomic E-state index is 0. The number of anilines is 1. The molecule has 4 nitrogen and oxygen atoms in total. The summed E-state index contributed by atoms with van der Waals surface area (Å²) in [6.45, 7) is 5.88. The molecule has 5 heteroatoms. The molecule has 0 aliphatic heterocycles. The molecule has 1 aliphatic rings. The molecule has 1 saturated carbocycles. The van der Waals surface area contributed by atoms with Gasteiger partial charge in [0.2, 0.25) is 0 Å². The molecule has 3 N–H and O–H groups in total. The van der Waals surface area contributed by atoms with Crippen molar-refractivity contribution in [3.63, 3.8) is 0 Å². The van der Waals surface area contributed by atoms with E-state index in [0.717, 1.165) is 22.6 Å². The van der Waals surface area contributed by atoms with Crippen LogP contribution in [0.4, 0.5) is 5.82 Å². The van der Waals surface area contributed by atoms with Gasteiger partial charge < -0.3 is 22.0 Å². The monoisotopic (exact) mass is 356 g/mol. The quantitative estimate of drug-likeness (QED) is 0.402. The predicted octanol–water partition coefficient (Wildman–Crippen LogP) is 1.61. The molecule has 0 bridgehead atoms. The maximum Gasteiger partial charge on any atom is 1.00 e. The minimum Gasteiger partial charge on any atom is -0.382 e. The molecule has 4 aromatic rings. The Bertz CT molecular complexity index is 1010. The van der Waals surface area contributed by atoms with Gasteiger partial charge in [-0.3, -0.25) is 0 Å². The Morgan fingerprint density at radius 1 is 1.16 bits per heavy atom. The van der Waals surface area contributed by atoms with E-state index in [1.54, 1.807) is 0 Å². The van der Waals surface area contributed by atoms with Gasteiger partial charge in [0.05, 0.1) is 6.20 Å². The van der Waals surface area contributed by atoms with Gasteiger partial charge in [-0.15, -0.1) is 0 Å². The van der Waals surface area contributed by atoms with Gasteiger partial charge in [-0.05, 0) is 47.9 Å². The van der Waals surface area contributed by atoms with Gasteiger partial charge in [-0.1, -0.05) is 18.9 Å². The largest absolute Gasteiger partial charge is 1.00 e. The normalized spacial score (nSPS) is 13.4. The van der Waals surface area contributed by atoms with Gasteiger partial charge in [-0.2, -0.15) is 5.92 Å². The van der Waals surface area contributed by atoms with Gasteiger partial charge in [-0.25, -0.2) is 4.98 Å². The zero-order valence-electron chi connectivity index (χ0n) is 14.8. The average molecular weight is 357 g/mol. The van der Waals surface area contributed by atoms with E-state index in [2.05, 4.69) is 54.3 Å². The average Bonchev–Trinajstić information content (AvgIpc) is 3.06. The molecule has 0 spiro atoms. The molecule has 1 aromatic carbocycles. The number of rotatable bonds is 1. The van der Waals surface area contributed by atoms with Crippen LogP contribution in [0.25, 0.3) is 27.7 Å². The van der Waals surface area contributed by atoms with Gasteiger partial charge in [0, 0.05) is 23.3 Å². The summed E-state index contributed by atoms with van der Waals surface area (Å²) in [6.07, 6.45) is 8.64. The van der Waals surface area contributed by atoms with Crippen LogP contribution in [0.15, 0.2) is 48.9 Å². The SMILES string of the molecule is Cc1ccc2[nH]ccc2c1-c1ccc2nc(N)cn2c1.[CH2-]C1CC1.[K+]. The van der Waals surface area contributed by atoms with Crippen LogP contribution in [0, 0.1) is 19.8 Å². The number of hydrogen-bond donors (Lipinski definition) is 2. The summed E-state index contributed by atoms with van der Waals surface area (Å²) in [7, 11) is 0. The molecule has 1 fully saturated rings. The van der Waals surface area contributed by atoms with Crippen molar-refractivity contribution in [2.24, 2.45) is 5.92 Å². The Morgan fingerprint density at radius 2 is 1.92 bits per heavy atom. The molecular formula is C20H21KN4. The number of aromatic nitrogens is 3. The number of benzene rings is 1. The first-order valence-electron chi connectivity index (χ1n) is 8.26. The topological polar surface area (TPSA) is 59.1 Å². The van der Waals surface area contributed by atoms with Crippen LogP contribution >= 0.6 is 0 Å². The summed E-state index contributed by atoms with van der Waals surface area (Å²) in [5.74, 6) is 1.37. The standard InChI is InChI=1S/C16H14N4.C4H7.K/c1-10-2-4-13-12(6-7-18-13)16(10)11-3-5-15-19-14(17)9-20(15)8-11;1-4-2-3-4;/h2-9,18H,17H2,1H3;4H,1-3H2;/q;-1;+1. The first kappa shape index (κ1) is 18.7. The van der Waals surface area contributed by atoms with Crippen molar-refractivity contribution < 1.29 is 51.4 Å². The number of imidazole rings is 1. The molecule has 3 heterocycles. The maximum atomic E-state index is 5.75. The molecule has 1 aliphatic carbocycles. The fraction of sp³-hybridized carbons (Fsp3) is 0.200. The van der Waals surface area contributed by atoms with Crippen molar-refractivity contribution in [3.8, 4) is 11.1 Å². The predicted molar refractivity (Wildman–Crippen MR) is 99.7 cm³/mol. The van der Waals surface area contributed by atoms with E-state index < -0.39 is 0 Å². The van der Waals surface area contributed by atoms with Crippen molar-refractivity contribution in [2.75, 3.05) is 5.73 Å². The summed E-state index contributed by atoms with van der Waals surface area (Å²) < 4.78 is 1.97. The van der Waals surface area contributed by atoms with Crippen LogP contribution < -0.4 is 57.1 Å². The summed E-state index contributed by atoms with van der Waals surface area (Å²) >= 11 is 0. The van der Waals surface area contributed by atoms with E-state index in [1.165, 1.54) is 29.4 Å². The van der Waals surface area contributed by atoms with E-state index in [1.807, 2.05) is 22.9 Å². The first-order chi connectivity index (χ1) is 11.6. The Balaban J connectivity index is 0.000000323. The van der Waals surface area contributed by atoms with E-state index >= 15 is 0 Å². The molecule has 0 amide bonds. The molecule has 122 valence electrons. The number of aryl methyl sites for hydroxylation is 1.